The van der Waals surface area contributed by atoms with Crippen LogP contribution in [0.15, 0.2) is 6.33 Å². The molecule has 0 bridgehead atoms. The van der Waals surface area contributed by atoms with Crippen molar-refractivity contribution in [3.63, 3.8) is 0 Å². The third kappa shape index (κ3) is 3.36. The normalized spacial score (nSPS) is 12.2. The molecule has 0 saturated carbocycles. The van der Waals surface area contributed by atoms with Crippen LogP contribution in [-0.2, 0) is 7.05 Å². The van der Waals surface area contributed by atoms with Gasteiger partial charge in [0.1, 0.15) is 6.33 Å². The van der Waals surface area contributed by atoms with E-state index in [4.69, 9.17) is 5.73 Å². The number of hydrogen-bond acceptors (Lipinski definition) is 8. The lowest BCUT2D eigenvalue weighted by Crippen LogP contribution is -2.25. The van der Waals surface area contributed by atoms with E-state index in [-0.39, 0.29) is 12.0 Å². The van der Waals surface area contributed by atoms with Crippen LogP contribution in [0, 0.1) is 0 Å². The molecule has 0 fully saturated rings. The van der Waals surface area contributed by atoms with E-state index in [1.165, 1.54) is 0 Å². The van der Waals surface area contributed by atoms with E-state index in [1.807, 2.05) is 37.3 Å². The summed E-state index contributed by atoms with van der Waals surface area (Å²) in [6, 6.07) is -0.0937. The van der Waals surface area contributed by atoms with Crippen molar-refractivity contribution in [1.82, 2.24) is 29.7 Å². The Morgan fingerprint density at radius 3 is 2.57 bits per heavy atom. The van der Waals surface area contributed by atoms with Gasteiger partial charge in [0.25, 0.3) is 0 Å². The molecule has 0 aliphatic heterocycles. The lowest BCUT2D eigenvalue weighted by atomic mass is 10.3. The minimum Gasteiger partial charge on any atom is -0.368 e. The van der Waals surface area contributed by atoms with Crippen LogP contribution in [0.4, 0.5) is 17.8 Å². The third-order valence-corrected chi connectivity index (χ3v) is 3.17. The molecule has 21 heavy (non-hydrogen) atoms. The van der Waals surface area contributed by atoms with E-state index >= 15 is 0 Å². The summed E-state index contributed by atoms with van der Waals surface area (Å²) in [5.41, 5.74) is 5.77. The lowest BCUT2D eigenvalue weighted by molar-refractivity contribution is 0.710. The molecule has 0 aliphatic rings. The molecular formula is C12H21N9. The van der Waals surface area contributed by atoms with Crippen molar-refractivity contribution in [2.24, 2.45) is 7.05 Å². The molecule has 0 aromatic carbocycles. The van der Waals surface area contributed by atoms with Gasteiger partial charge in [0, 0.05) is 20.1 Å². The van der Waals surface area contributed by atoms with Gasteiger partial charge in [0.15, 0.2) is 5.82 Å². The minimum atomic E-state index is -0.0937. The molecule has 0 saturated heterocycles. The van der Waals surface area contributed by atoms with E-state index in [0.717, 1.165) is 18.9 Å². The van der Waals surface area contributed by atoms with Crippen LogP contribution in [0.2, 0.25) is 0 Å². The van der Waals surface area contributed by atoms with Crippen molar-refractivity contribution in [2.45, 2.75) is 26.8 Å². The van der Waals surface area contributed by atoms with Gasteiger partial charge < -0.3 is 20.5 Å². The standard InChI is InChI=1S/C12H21N9/c1-5-21(6-2)12-17-10(13)16-11(18-12)15-8(3)9-19-14-7-20(9)4/h7-8H,5-6H2,1-4H3,(H3,13,15,16,17,18). The Bertz CT molecular complexity index is 590. The van der Waals surface area contributed by atoms with Gasteiger partial charge in [-0.05, 0) is 20.8 Å². The highest BCUT2D eigenvalue weighted by atomic mass is 15.3. The fourth-order valence-corrected chi connectivity index (χ4v) is 2.04. The molecule has 9 nitrogen and oxygen atoms in total. The van der Waals surface area contributed by atoms with Gasteiger partial charge in [-0.1, -0.05) is 0 Å². The fraction of sp³-hybridized carbons (Fsp3) is 0.583. The molecule has 2 heterocycles. The number of hydrogen-bond donors (Lipinski definition) is 2. The summed E-state index contributed by atoms with van der Waals surface area (Å²) in [7, 11) is 1.89. The van der Waals surface area contributed by atoms with Crippen molar-refractivity contribution in [1.29, 1.82) is 0 Å². The summed E-state index contributed by atoms with van der Waals surface area (Å²) in [6.45, 7) is 7.65. The highest BCUT2D eigenvalue weighted by molar-refractivity contribution is 5.42. The predicted octanol–water partition coefficient (Wildman–Crippen LogP) is 0.602. The fourth-order valence-electron chi connectivity index (χ4n) is 2.04. The quantitative estimate of drug-likeness (QED) is 0.796. The van der Waals surface area contributed by atoms with E-state index in [1.54, 1.807) is 6.33 Å². The summed E-state index contributed by atoms with van der Waals surface area (Å²) < 4.78 is 1.84. The summed E-state index contributed by atoms with van der Waals surface area (Å²) in [5, 5.41) is 11.1. The molecule has 2 aromatic heterocycles. The summed E-state index contributed by atoms with van der Waals surface area (Å²) in [4.78, 5) is 14.7. The number of aryl methyl sites for hydroxylation is 1. The number of nitrogens with one attached hydrogen (secondary N) is 1. The van der Waals surface area contributed by atoms with Crippen molar-refractivity contribution in [3.8, 4) is 0 Å². The first-order valence-electron chi connectivity index (χ1n) is 6.92. The molecule has 0 aliphatic carbocycles. The number of aromatic nitrogens is 6. The van der Waals surface area contributed by atoms with Crippen LogP contribution in [0.25, 0.3) is 0 Å². The van der Waals surface area contributed by atoms with E-state index in [9.17, 15) is 0 Å². The molecule has 0 amide bonds. The largest absolute Gasteiger partial charge is 0.368 e. The molecule has 1 atom stereocenters. The monoisotopic (exact) mass is 291 g/mol. The van der Waals surface area contributed by atoms with Gasteiger partial charge in [-0.15, -0.1) is 10.2 Å². The van der Waals surface area contributed by atoms with E-state index in [2.05, 4.69) is 30.5 Å². The second-order valence-electron chi connectivity index (χ2n) is 4.66. The van der Waals surface area contributed by atoms with Crippen molar-refractivity contribution in [2.75, 3.05) is 29.0 Å². The smallest absolute Gasteiger partial charge is 0.231 e. The van der Waals surface area contributed by atoms with Gasteiger partial charge in [-0.25, -0.2) is 0 Å². The summed E-state index contributed by atoms with van der Waals surface area (Å²) in [5.74, 6) is 1.98. The highest BCUT2D eigenvalue weighted by Crippen LogP contribution is 2.17. The Morgan fingerprint density at radius 2 is 2.00 bits per heavy atom. The predicted molar refractivity (Wildman–Crippen MR) is 80.8 cm³/mol. The van der Waals surface area contributed by atoms with Gasteiger partial charge >= 0.3 is 0 Å². The summed E-state index contributed by atoms with van der Waals surface area (Å²) >= 11 is 0. The number of rotatable bonds is 6. The van der Waals surface area contributed by atoms with Crippen molar-refractivity contribution >= 4 is 17.8 Å². The maximum absolute atomic E-state index is 5.77. The van der Waals surface area contributed by atoms with Crippen LogP contribution >= 0.6 is 0 Å². The SMILES string of the molecule is CCN(CC)c1nc(N)nc(NC(C)c2nncn2C)n1. The zero-order valence-corrected chi connectivity index (χ0v) is 12.8. The maximum atomic E-state index is 5.77. The van der Waals surface area contributed by atoms with Crippen LogP contribution < -0.4 is 16.0 Å². The molecule has 2 aromatic rings. The molecule has 0 spiro atoms. The average molecular weight is 291 g/mol. The lowest BCUT2D eigenvalue weighted by Gasteiger charge is -2.20. The van der Waals surface area contributed by atoms with E-state index < -0.39 is 0 Å². The van der Waals surface area contributed by atoms with E-state index in [0.29, 0.717) is 11.9 Å². The Hall–Kier alpha value is -2.45. The number of anilines is 3. The zero-order chi connectivity index (χ0) is 15.4. The van der Waals surface area contributed by atoms with Gasteiger partial charge in [0.2, 0.25) is 17.8 Å². The Kier molecular flexibility index (Phi) is 4.51. The zero-order valence-electron chi connectivity index (χ0n) is 12.8. The highest BCUT2D eigenvalue weighted by Gasteiger charge is 2.15. The van der Waals surface area contributed by atoms with Crippen LogP contribution in [0.5, 0.6) is 0 Å². The first-order valence-corrected chi connectivity index (χ1v) is 6.92. The van der Waals surface area contributed by atoms with Crippen LogP contribution in [0.1, 0.15) is 32.6 Å². The molecule has 0 radical (unpaired) electrons. The Balaban J connectivity index is 2.22. The Labute approximate surface area is 123 Å². The second kappa shape index (κ2) is 6.33. The second-order valence-corrected chi connectivity index (χ2v) is 4.66. The van der Waals surface area contributed by atoms with Gasteiger partial charge in [0.05, 0.1) is 6.04 Å². The summed E-state index contributed by atoms with van der Waals surface area (Å²) in [6.07, 6.45) is 1.65. The number of nitrogens with two attached hydrogens (primary N) is 1. The van der Waals surface area contributed by atoms with Gasteiger partial charge in [-0.3, -0.25) is 0 Å². The average Bonchev–Trinajstić information content (AvgIpc) is 2.86. The third-order valence-electron chi connectivity index (χ3n) is 3.17. The van der Waals surface area contributed by atoms with Gasteiger partial charge in [-0.2, -0.15) is 15.0 Å². The first-order chi connectivity index (χ1) is 10.0. The first kappa shape index (κ1) is 14.9. The molecule has 114 valence electrons. The topological polar surface area (TPSA) is 111 Å². The molecule has 2 rings (SSSR count). The van der Waals surface area contributed by atoms with Crippen molar-refractivity contribution < 1.29 is 0 Å². The minimum absolute atomic E-state index is 0.0937. The number of nitrogens with zero attached hydrogens (tertiary/aromatic N) is 7. The van der Waals surface area contributed by atoms with Crippen molar-refractivity contribution in [3.05, 3.63) is 12.2 Å². The Morgan fingerprint density at radius 1 is 1.29 bits per heavy atom. The molecule has 9 heteroatoms. The maximum Gasteiger partial charge on any atom is 0.231 e. The molecule has 3 N–H and O–H groups in total. The number of nitrogen functional groups attached to an aromatic ring is 1. The molecular weight excluding hydrogens is 270 g/mol. The van der Waals surface area contributed by atoms with Crippen LogP contribution in [-0.4, -0.2) is 42.8 Å². The molecule has 1 unspecified atom stereocenters. The van der Waals surface area contributed by atoms with Crippen LogP contribution in [0.3, 0.4) is 0 Å².